The lowest BCUT2D eigenvalue weighted by Gasteiger charge is -1.88. The second-order valence-corrected chi connectivity index (χ2v) is 0.872. The minimum Gasteiger partial charge on any atom is -0.450 e. The first-order valence-corrected chi connectivity index (χ1v) is 1.60. The van der Waals surface area contributed by atoms with Gasteiger partial charge in [0.15, 0.2) is 0 Å². The van der Waals surface area contributed by atoms with Gasteiger partial charge in [0, 0.05) is 0 Å². The molecule has 0 rings (SSSR count). The molecule has 0 aromatic heterocycles. The fraction of sp³-hybridized carbons (Fsp3) is 0.500. The monoisotopic (exact) mass is 121 g/mol. The van der Waals surface area contributed by atoms with E-state index < -0.39 is 17.8 Å². The second-order valence-electron chi connectivity index (χ2n) is 0.872. The predicted octanol–water partition coefficient (Wildman–Crippen LogP) is -0.0848. The van der Waals surface area contributed by atoms with Gasteiger partial charge in [-0.1, -0.05) is 0 Å². The molecule has 0 atom stereocenters. The van der Waals surface area contributed by atoms with Crippen molar-refractivity contribution in [1.29, 1.82) is 0 Å². The van der Waals surface area contributed by atoms with Gasteiger partial charge >= 0.3 is 12.9 Å². The van der Waals surface area contributed by atoms with E-state index >= 15 is 0 Å². The van der Waals surface area contributed by atoms with Crippen molar-refractivity contribution >= 4 is 6.16 Å². The Morgan fingerprint density at radius 2 is 2.38 bits per heavy atom. The molecule has 0 unspecified atom stereocenters. The quantitative estimate of drug-likeness (QED) is 0.238. The molecule has 6 heteroatoms. The number of nitro groups is 1. The summed E-state index contributed by atoms with van der Waals surface area (Å²) in [6.07, 6.45) is -1.64. The minimum absolute atomic E-state index is 0.881. The van der Waals surface area contributed by atoms with Crippen LogP contribution in [0, 0.1) is 10.1 Å². The Hall–Kier alpha value is -1.33. The molecule has 0 aromatic carbocycles. The van der Waals surface area contributed by atoms with Gasteiger partial charge in [0.05, 0.1) is 4.92 Å². The summed E-state index contributed by atoms with van der Waals surface area (Å²) in [5, 5.41) is 17.0. The molecule has 0 bridgehead atoms. The van der Waals surface area contributed by atoms with Crippen molar-refractivity contribution < 1.29 is 19.6 Å². The molecule has 1 N–H and O–H groups in total. The van der Waals surface area contributed by atoms with Crippen LogP contribution in [0.2, 0.25) is 0 Å². The van der Waals surface area contributed by atoms with Crippen molar-refractivity contribution in [1.82, 2.24) is 0 Å². The first-order valence-electron chi connectivity index (χ1n) is 1.60. The van der Waals surface area contributed by atoms with Crippen molar-refractivity contribution in [2.75, 3.05) is 6.73 Å². The van der Waals surface area contributed by atoms with Crippen LogP contribution in [0.15, 0.2) is 0 Å². The number of hydrogen-bond acceptors (Lipinski definition) is 4. The zero-order valence-corrected chi connectivity index (χ0v) is 3.73. The molecular formula is C2H3NO5. The predicted molar refractivity (Wildman–Crippen MR) is 21.0 cm³/mol. The number of rotatable bonds is 2. The van der Waals surface area contributed by atoms with Gasteiger partial charge in [0.1, 0.15) is 0 Å². The maximum atomic E-state index is 9.38. The van der Waals surface area contributed by atoms with E-state index in [4.69, 9.17) is 5.11 Å². The summed E-state index contributed by atoms with van der Waals surface area (Å²) in [5.41, 5.74) is 0. The van der Waals surface area contributed by atoms with E-state index in [0.29, 0.717) is 0 Å². The summed E-state index contributed by atoms with van der Waals surface area (Å²) in [7, 11) is 0. The fourth-order valence-electron chi connectivity index (χ4n) is 0.108. The third-order valence-electron chi connectivity index (χ3n) is 0.293. The molecule has 0 fully saturated rings. The highest BCUT2D eigenvalue weighted by Crippen LogP contribution is 1.74. The lowest BCUT2D eigenvalue weighted by Crippen LogP contribution is -2.09. The molecule has 0 amide bonds. The molecule has 0 radical (unpaired) electrons. The van der Waals surface area contributed by atoms with E-state index in [0.717, 1.165) is 0 Å². The Bertz CT molecular complexity index is 95.0. The molecule has 0 aliphatic rings. The van der Waals surface area contributed by atoms with E-state index in [2.05, 4.69) is 4.74 Å². The van der Waals surface area contributed by atoms with Gasteiger partial charge in [-0.2, -0.15) is 0 Å². The minimum atomic E-state index is -1.64. The molecule has 0 aliphatic heterocycles. The van der Waals surface area contributed by atoms with Crippen LogP contribution in [0.4, 0.5) is 4.79 Å². The van der Waals surface area contributed by atoms with Crippen LogP contribution in [-0.4, -0.2) is 22.9 Å². The lowest BCUT2D eigenvalue weighted by molar-refractivity contribution is -0.519. The van der Waals surface area contributed by atoms with Crippen LogP contribution in [0.25, 0.3) is 0 Å². The summed E-state index contributed by atoms with van der Waals surface area (Å²) in [4.78, 5) is 17.8. The highest BCUT2D eigenvalue weighted by atomic mass is 16.7. The molecular weight excluding hydrogens is 118 g/mol. The molecule has 0 aliphatic carbocycles. The standard InChI is InChI=1S/C2H3NO5/c4-2(5)8-1-3(6)7/h1H2,(H,4,5). The summed E-state index contributed by atoms with van der Waals surface area (Å²) in [6, 6.07) is 0. The molecule has 0 heterocycles. The normalized spacial score (nSPS) is 8.00. The SMILES string of the molecule is O=C(O)OC[N+](=O)[O-]. The van der Waals surface area contributed by atoms with Gasteiger partial charge in [0.2, 0.25) is 0 Å². The van der Waals surface area contributed by atoms with Crippen LogP contribution >= 0.6 is 0 Å². The maximum absolute atomic E-state index is 9.38. The smallest absolute Gasteiger partial charge is 0.450 e. The van der Waals surface area contributed by atoms with Crippen molar-refractivity contribution in [2.24, 2.45) is 0 Å². The first-order chi connectivity index (χ1) is 3.63. The number of hydrogen-bond donors (Lipinski definition) is 1. The van der Waals surface area contributed by atoms with Gasteiger partial charge in [0.25, 0.3) is 0 Å². The number of carboxylic acid groups (broad SMARTS) is 1. The van der Waals surface area contributed by atoms with Crippen LogP contribution in [0.5, 0.6) is 0 Å². The average molecular weight is 121 g/mol. The van der Waals surface area contributed by atoms with Crippen LogP contribution in [0.3, 0.4) is 0 Å². The number of carbonyl (C=O) groups is 1. The van der Waals surface area contributed by atoms with Crippen molar-refractivity contribution in [3.05, 3.63) is 10.1 Å². The highest BCUT2D eigenvalue weighted by Gasteiger charge is 2.00. The molecule has 8 heavy (non-hydrogen) atoms. The summed E-state index contributed by atoms with van der Waals surface area (Å²) in [5.74, 6) is 0. The Morgan fingerprint density at radius 1 is 1.88 bits per heavy atom. The molecule has 0 saturated heterocycles. The Balaban J connectivity index is 3.18. The van der Waals surface area contributed by atoms with Crippen LogP contribution < -0.4 is 0 Å². The third-order valence-corrected chi connectivity index (χ3v) is 0.293. The van der Waals surface area contributed by atoms with Gasteiger partial charge < -0.3 is 9.84 Å². The summed E-state index contributed by atoms with van der Waals surface area (Å²) < 4.78 is 3.52. The van der Waals surface area contributed by atoms with Crippen LogP contribution in [-0.2, 0) is 4.74 Å². The Kier molecular flexibility index (Phi) is 2.32. The zero-order chi connectivity index (χ0) is 6.57. The van der Waals surface area contributed by atoms with Gasteiger partial charge in [-0.15, -0.1) is 0 Å². The molecule has 6 nitrogen and oxygen atoms in total. The highest BCUT2D eigenvalue weighted by molar-refractivity contribution is 5.56. The molecule has 46 valence electrons. The summed E-state index contributed by atoms with van der Waals surface area (Å²) >= 11 is 0. The van der Waals surface area contributed by atoms with Crippen molar-refractivity contribution in [3.8, 4) is 0 Å². The third kappa shape index (κ3) is 4.67. The van der Waals surface area contributed by atoms with Crippen molar-refractivity contribution in [2.45, 2.75) is 0 Å². The van der Waals surface area contributed by atoms with Gasteiger partial charge in [-0.25, -0.2) is 4.79 Å². The van der Waals surface area contributed by atoms with E-state index in [1.807, 2.05) is 0 Å². The first kappa shape index (κ1) is 6.67. The van der Waals surface area contributed by atoms with Gasteiger partial charge in [-0.3, -0.25) is 10.1 Å². The number of nitrogens with zero attached hydrogens (tertiary/aromatic N) is 1. The molecule has 0 aromatic rings. The molecule has 0 spiro atoms. The second kappa shape index (κ2) is 2.78. The Morgan fingerprint density at radius 3 is 2.50 bits per heavy atom. The van der Waals surface area contributed by atoms with E-state index in [1.54, 1.807) is 0 Å². The van der Waals surface area contributed by atoms with E-state index in [-0.39, 0.29) is 0 Å². The Labute approximate surface area is 43.8 Å². The average Bonchev–Trinajstić information content (AvgIpc) is 1.61. The lowest BCUT2D eigenvalue weighted by atomic mass is 11.2. The topological polar surface area (TPSA) is 89.7 Å². The fourth-order valence-corrected chi connectivity index (χ4v) is 0.108. The largest absolute Gasteiger partial charge is 0.510 e. The van der Waals surface area contributed by atoms with Gasteiger partial charge in [-0.05, 0) is 0 Å². The van der Waals surface area contributed by atoms with E-state index in [1.165, 1.54) is 0 Å². The molecule has 0 saturated carbocycles. The van der Waals surface area contributed by atoms with E-state index in [9.17, 15) is 14.9 Å². The van der Waals surface area contributed by atoms with Crippen molar-refractivity contribution in [3.63, 3.8) is 0 Å². The summed E-state index contributed by atoms with van der Waals surface area (Å²) in [6.45, 7) is -0.991. The maximum Gasteiger partial charge on any atom is 0.510 e. The number of ether oxygens (including phenoxy) is 1. The zero-order valence-electron chi connectivity index (χ0n) is 3.73. The van der Waals surface area contributed by atoms with Crippen LogP contribution in [0.1, 0.15) is 0 Å².